The van der Waals surface area contributed by atoms with Gasteiger partial charge in [0.2, 0.25) is 5.91 Å². The number of nitrogens with zero attached hydrogens (tertiary/aromatic N) is 1. The Balaban J connectivity index is 2.14. The van der Waals surface area contributed by atoms with Gasteiger partial charge in [0, 0.05) is 29.8 Å². The number of carbonyl (C=O) groups excluding carboxylic acids is 1. The molecule has 1 atom stereocenters. The molecule has 7 N–H and O–H groups in total. The van der Waals surface area contributed by atoms with Crippen molar-refractivity contribution in [3.05, 3.63) is 40.2 Å². The number of rotatable bonds is 6. The van der Waals surface area contributed by atoms with E-state index in [9.17, 15) is 22.8 Å². The zero-order chi connectivity index (χ0) is 20.2. The fourth-order valence-electron chi connectivity index (χ4n) is 2.36. The number of nitrogens with one attached hydrogen (secondary N) is 1. The maximum absolute atomic E-state index is 13.0. The summed E-state index contributed by atoms with van der Waals surface area (Å²) >= 11 is 0. The minimum absolute atomic E-state index is 0.0658. The van der Waals surface area contributed by atoms with E-state index in [1.165, 1.54) is 6.07 Å². The summed E-state index contributed by atoms with van der Waals surface area (Å²) in [4.78, 5) is 27.2. The lowest BCUT2D eigenvalue weighted by Crippen LogP contribution is -2.35. The average molecular weight is 385 g/mol. The molecule has 1 unspecified atom stereocenters. The molecule has 8 nitrogen and oxygen atoms in total. The second-order valence-corrected chi connectivity index (χ2v) is 5.73. The second kappa shape index (κ2) is 8.08. The smallest absolute Gasteiger partial charge is 0.417 e. The van der Waals surface area contributed by atoms with Crippen molar-refractivity contribution < 1.29 is 22.4 Å². The molecule has 1 aromatic heterocycles. The molecular formula is C16H18F3N5O3. The molecule has 27 heavy (non-hydrogen) atoms. The first-order chi connectivity index (χ1) is 12.6. The van der Waals surface area contributed by atoms with E-state index in [1.54, 1.807) is 0 Å². The maximum Gasteiger partial charge on any atom is 0.417 e. The van der Waals surface area contributed by atoms with Crippen molar-refractivity contribution >= 4 is 28.5 Å². The minimum Gasteiger partial charge on any atom is -0.423 e. The van der Waals surface area contributed by atoms with Crippen molar-refractivity contribution in [2.24, 2.45) is 22.2 Å². The third kappa shape index (κ3) is 5.45. The van der Waals surface area contributed by atoms with Crippen LogP contribution in [0, 0.1) is 0 Å². The van der Waals surface area contributed by atoms with E-state index in [2.05, 4.69) is 10.3 Å². The van der Waals surface area contributed by atoms with Crippen LogP contribution in [0.5, 0.6) is 0 Å². The lowest BCUT2D eigenvalue weighted by atomic mass is 10.1. The van der Waals surface area contributed by atoms with Gasteiger partial charge >= 0.3 is 11.8 Å². The molecule has 1 aromatic carbocycles. The van der Waals surface area contributed by atoms with Gasteiger partial charge in [-0.05, 0) is 25.0 Å². The molecule has 0 saturated carbocycles. The summed E-state index contributed by atoms with van der Waals surface area (Å²) in [5.74, 6) is -0.614. The van der Waals surface area contributed by atoms with E-state index in [0.717, 1.165) is 12.1 Å². The third-order valence-corrected chi connectivity index (χ3v) is 3.62. The molecule has 0 aliphatic rings. The number of nitrogens with two attached hydrogens (primary N) is 3. The molecule has 0 fully saturated rings. The van der Waals surface area contributed by atoms with Gasteiger partial charge in [-0.15, -0.1) is 0 Å². The summed E-state index contributed by atoms with van der Waals surface area (Å²) < 4.78 is 43.9. The first-order valence-electron chi connectivity index (χ1n) is 7.85. The maximum atomic E-state index is 13.0. The van der Waals surface area contributed by atoms with E-state index in [-0.39, 0.29) is 22.6 Å². The molecule has 0 spiro atoms. The average Bonchev–Trinajstić information content (AvgIpc) is 2.56. The van der Waals surface area contributed by atoms with Crippen molar-refractivity contribution in [3.63, 3.8) is 0 Å². The van der Waals surface area contributed by atoms with Crippen LogP contribution < -0.4 is 28.1 Å². The van der Waals surface area contributed by atoms with Crippen molar-refractivity contribution in [2.75, 3.05) is 11.9 Å². The monoisotopic (exact) mass is 385 g/mol. The molecule has 2 aromatic rings. The van der Waals surface area contributed by atoms with Gasteiger partial charge in [0.25, 0.3) is 0 Å². The minimum atomic E-state index is -4.71. The van der Waals surface area contributed by atoms with Crippen LogP contribution in [-0.4, -0.2) is 24.5 Å². The standard InChI is InChI=1S/C16H18F3N5O3/c17-16(18,19)10-7-13(25)27-12-6-8(3-4-9(10)12)24-14(26)11(20)2-1-5-23-15(21)22/h3-4,6-7,11H,1-2,5,20H2,(H,24,26)(H4,21,22,23). The van der Waals surface area contributed by atoms with Gasteiger partial charge in [0.05, 0.1) is 11.6 Å². The van der Waals surface area contributed by atoms with Crippen LogP contribution in [0.4, 0.5) is 18.9 Å². The van der Waals surface area contributed by atoms with Crippen molar-refractivity contribution in [1.29, 1.82) is 0 Å². The molecule has 1 heterocycles. The van der Waals surface area contributed by atoms with Gasteiger partial charge in [-0.3, -0.25) is 9.79 Å². The first-order valence-corrected chi connectivity index (χ1v) is 7.85. The quantitative estimate of drug-likeness (QED) is 0.253. The fourth-order valence-corrected chi connectivity index (χ4v) is 2.36. The summed E-state index contributed by atoms with van der Waals surface area (Å²) in [7, 11) is 0. The molecule has 1 amide bonds. The lowest BCUT2D eigenvalue weighted by molar-refractivity contribution is -0.136. The largest absolute Gasteiger partial charge is 0.423 e. The number of hydrogen-bond acceptors (Lipinski definition) is 5. The Morgan fingerprint density at radius 1 is 1.26 bits per heavy atom. The summed E-state index contributed by atoms with van der Waals surface area (Å²) in [5.41, 5.74) is 13.7. The number of anilines is 1. The molecule has 0 bridgehead atoms. The fraction of sp³-hybridized carbons (Fsp3) is 0.312. The van der Waals surface area contributed by atoms with Crippen LogP contribution in [-0.2, 0) is 11.0 Å². The van der Waals surface area contributed by atoms with Gasteiger partial charge in [-0.1, -0.05) is 0 Å². The number of amides is 1. The molecule has 2 rings (SSSR count). The Labute approximate surface area is 151 Å². The van der Waals surface area contributed by atoms with Crippen molar-refractivity contribution in [1.82, 2.24) is 0 Å². The Morgan fingerprint density at radius 2 is 1.96 bits per heavy atom. The Hall–Kier alpha value is -3.08. The number of guanidine groups is 1. The molecule has 11 heteroatoms. The van der Waals surface area contributed by atoms with E-state index < -0.39 is 29.3 Å². The van der Waals surface area contributed by atoms with E-state index >= 15 is 0 Å². The number of benzene rings is 1. The number of halogens is 3. The third-order valence-electron chi connectivity index (χ3n) is 3.62. The van der Waals surface area contributed by atoms with Gasteiger partial charge in [-0.2, -0.15) is 13.2 Å². The number of alkyl halides is 3. The lowest BCUT2D eigenvalue weighted by Gasteiger charge is -2.13. The molecule has 0 aliphatic heterocycles. The van der Waals surface area contributed by atoms with Crippen LogP contribution in [0.1, 0.15) is 18.4 Å². The highest BCUT2D eigenvalue weighted by Gasteiger charge is 2.33. The highest BCUT2D eigenvalue weighted by molar-refractivity contribution is 5.96. The second-order valence-electron chi connectivity index (χ2n) is 5.73. The Bertz CT molecular complexity index is 920. The summed E-state index contributed by atoms with van der Waals surface area (Å²) in [6, 6.07) is 3.02. The van der Waals surface area contributed by atoms with Crippen LogP contribution in [0.2, 0.25) is 0 Å². The zero-order valence-corrected chi connectivity index (χ0v) is 14.0. The van der Waals surface area contributed by atoms with Crippen molar-refractivity contribution in [2.45, 2.75) is 25.1 Å². The molecule has 0 radical (unpaired) electrons. The van der Waals surface area contributed by atoms with Crippen LogP contribution in [0.15, 0.2) is 38.5 Å². The van der Waals surface area contributed by atoms with Gasteiger partial charge in [-0.25, -0.2) is 4.79 Å². The molecular weight excluding hydrogens is 367 g/mol. The van der Waals surface area contributed by atoms with E-state index in [1.807, 2.05) is 0 Å². The van der Waals surface area contributed by atoms with E-state index in [0.29, 0.717) is 25.5 Å². The zero-order valence-electron chi connectivity index (χ0n) is 14.0. The van der Waals surface area contributed by atoms with Gasteiger partial charge in [0.1, 0.15) is 5.58 Å². The Kier molecular flexibility index (Phi) is 6.05. The first kappa shape index (κ1) is 20.2. The molecule has 0 saturated heterocycles. The van der Waals surface area contributed by atoms with Gasteiger partial charge < -0.3 is 26.9 Å². The predicted molar refractivity (Wildman–Crippen MR) is 94.0 cm³/mol. The summed E-state index contributed by atoms with van der Waals surface area (Å²) in [6.07, 6.45) is -3.95. The van der Waals surface area contributed by atoms with Crippen LogP contribution >= 0.6 is 0 Å². The van der Waals surface area contributed by atoms with Crippen molar-refractivity contribution in [3.8, 4) is 0 Å². The molecule has 0 aliphatic carbocycles. The Morgan fingerprint density at radius 3 is 2.59 bits per heavy atom. The number of hydrogen-bond donors (Lipinski definition) is 4. The normalized spacial score (nSPS) is 12.6. The van der Waals surface area contributed by atoms with Crippen LogP contribution in [0.3, 0.4) is 0 Å². The highest BCUT2D eigenvalue weighted by Crippen LogP contribution is 2.34. The SMILES string of the molecule is NC(N)=NCCCC(N)C(=O)Nc1ccc2c(C(F)(F)F)cc(=O)oc2c1. The molecule has 146 valence electrons. The highest BCUT2D eigenvalue weighted by atomic mass is 19.4. The predicted octanol–water partition coefficient (Wildman–Crippen LogP) is 1.13. The van der Waals surface area contributed by atoms with E-state index in [4.69, 9.17) is 21.6 Å². The number of aliphatic imine (C=N–C) groups is 1. The summed E-state index contributed by atoms with van der Waals surface area (Å²) in [5, 5.41) is 2.18. The topological polar surface area (TPSA) is 150 Å². The summed E-state index contributed by atoms with van der Waals surface area (Å²) in [6.45, 7) is 0.310. The number of carbonyl (C=O) groups is 1. The number of fused-ring (bicyclic) bond motifs is 1. The van der Waals surface area contributed by atoms with Crippen LogP contribution in [0.25, 0.3) is 11.0 Å². The van der Waals surface area contributed by atoms with Gasteiger partial charge in [0.15, 0.2) is 5.96 Å².